The first-order chi connectivity index (χ1) is 17.0. The van der Waals surface area contributed by atoms with E-state index in [-0.39, 0.29) is 29.4 Å². The van der Waals surface area contributed by atoms with Gasteiger partial charge in [-0.25, -0.2) is 21.1 Å². The first-order valence-corrected chi connectivity index (χ1v) is 14.3. The number of hydrogen-bond acceptors (Lipinski definition) is 5. The molecule has 36 heavy (non-hydrogen) atoms. The Morgan fingerprint density at radius 1 is 0.750 bits per heavy atom. The zero-order chi connectivity index (χ0) is 26.3. The van der Waals surface area contributed by atoms with Crippen LogP contribution in [0.25, 0.3) is 0 Å². The van der Waals surface area contributed by atoms with E-state index in [9.17, 15) is 21.6 Å². The summed E-state index contributed by atoms with van der Waals surface area (Å²) >= 11 is 0. The van der Waals surface area contributed by atoms with Crippen LogP contribution < -0.4 is 5.32 Å². The molecule has 0 saturated heterocycles. The number of nitrogens with one attached hydrogen (secondary N) is 1. The molecule has 1 N–H and O–H groups in total. The smallest absolute Gasteiger partial charge is 0.243 e. The first-order valence-electron chi connectivity index (χ1n) is 11.4. The van der Waals surface area contributed by atoms with Gasteiger partial charge < -0.3 is 5.32 Å². The molecule has 0 saturated carbocycles. The minimum absolute atomic E-state index is 0.131. The quantitative estimate of drug-likeness (QED) is 0.411. The van der Waals surface area contributed by atoms with Gasteiger partial charge in [-0.05, 0) is 48.7 Å². The van der Waals surface area contributed by atoms with Gasteiger partial charge in [0.15, 0.2) is 0 Å². The summed E-state index contributed by atoms with van der Waals surface area (Å²) in [5.74, 6) is -0.455. The fraction of sp³-hybridized carbons (Fsp3) is 0.269. The second-order valence-corrected chi connectivity index (χ2v) is 12.7. The third-order valence-electron chi connectivity index (χ3n) is 5.66. The van der Waals surface area contributed by atoms with E-state index in [1.807, 2.05) is 37.3 Å². The topological polar surface area (TPSA) is 104 Å². The van der Waals surface area contributed by atoms with Gasteiger partial charge in [0.05, 0.1) is 16.3 Å². The fourth-order valence-electron chi connectivity index (χ4n) is 3.45. The van der Waals surface area contributed by atoms with E-state index in [2.05, 4.69) is 5.32 Å². The largest absolute Gasteiger partial charge is 0.351 e. The molecular formula is C26H31N3O5S2. The number of carbonyl (C=O) groups excluding carboxylic acids is 1. The molecule has 0 aliphatic heterocycles. The zero-order valence-corrected chi connectivity index (χ0v) is 22.2. The zero-order valence-electron chi connectivity index (χ0n) is 20.6. The molecule has 0 aromatic heterocycles. The number of aryl methyl sites for hydroxylation is 1. The van der Waals surface area contributed by atoms with E-state index in [1.54, 1.807) is 36.4 Å². The first kappa shape index (κ1) is 27.5. The molecular weight excluding hydrogens is 498 g/mol. The molecule has 0 aliphatic carbocycles. The van der Waals surface area contributed by atoms with Crippen LogP contribution in [0.15, 0.2) is 88.7 Å². The van der Waals surface area contributed by atoms with E-state index in [1.165, 1.54) is 30.5 Å². The van der Waals surface area contributed by atoms with Gasteiger partial charge in [0.1, 0.15) is 0 Å². The Labute approximate surface area is 213 Å². The van der Waals surface area contributed by atoms with Gasteiger partial charge in [0.2, 0.25) is 26.0 Å². The lowest BCUT2D eigenvalue weighted by molar-refractivity contribution is -0.121. The summed E-state index contributed by atoms with van der Waals surface area (Å²) in [6, 6.07) is 22.2. The number of sulfonamides is 2. The van der Waals surface area contributed by atoms with Crippen LogP contribution in [0, 0.1) is 6.92 Å². The van der Waals surface area contributed by atoms with Crippen molar-refractivity contribution in [3.05, 3.63) is 95.6 Å². The summed E-state index contributed by atoms with van der Waals surface area (Å²) in [6.07, 6.45) is 0.459. The average Bonchev–Trinajstić information content (AvgIpc) is 2.86. The van der Waals surface area contributed by atoms with E-state index >= 15 is 0 Å². The Bertz CT molecular complexity index is 1370. The van der Waals surface area contributed by atoms with E-state index in [0.717, 1.165) is 15.4 Å². The maximum Gasteiger partial charge on any atom is 0.243 e. The highest BCUT2D eigenvalue weighted by Crippen LogP contribution is 2.18. The van der Waals surface area contributed by atoms with Crippen LogP contribution in [0.4, 0.5) is 0 Å². The normalized spacial score (nSPS) is 12.1. The number of rotatable bonds is 11. The lowest BCUT2D eigenvalue weighted by atomic mass is 10.1. The van der Waals surface area contributed by atoms with Crippen molar-refractivity contribution >= 4 is 26.0 Å². The van der Waals surface area contributed by atoms with Crippen LogP contribution in [-0.2, 0) is 37.8 Å². The van der Waals surface area contributed by atoms with Crippen molar-refractivity contribution in [1.29, 1.82) is 0 Å². The number of nitrogens with zero attached hydrogens (tertiary/aromatic N) is 2. The molecule has 10 heteroatoms. The molecule has 0 radical (unpaired) electrons. The maximum atomic E-state index is 13.3. The van der Waals surface area contributed by atoms with Crippen molar-refractivity contribution in [2.24, 2.45) is 0 Å². The van der Waals surface area contributed by atoms with E-state index in [0.29, 0.717) is 12.0 Å². The minimum atomic E-state index is -3.89. The molecule has 0 spiro atoms. The van der Waals surface area contributed by atoms with Gasteiger partial charge in [-0.1, -0.05) is 60.2 Å². The van der Waals surface area contributed by atoms with Crippen LogP contribution in [0.3, 0.4) is 0 Å². The number of benzene rings is 3. The third kappa shape index (κ3) is 7.01. The molecule has 1 amide bonds. The SMILES string of the molecule is Cc1ccc(S(=O)(=O)N(CCc2ccccc2)CC(=O)NCc2ccc(S(=O)(=O)N(C)C)cc2)cc1. The van der Waals surface area contributed by atoms with Gasteiger partial charge in [0, 0.05) is 27.2 Å². The summed E-state index contributed by atoms with van der Waals surface area (Å²) in [7, 11) is -4.53. The van der Waals surface area contributed by atoms with Crippen LogP contribution >= 0.6 is 0 Å². The Morgan fingerprint density at radius 3 is 1.89 bits per heavy atom. The standard InChI is InChI=1S/C26H31N3O5S2/c1-21-9-13-25(14-10-21)36(33,34)29(18-17-22-7-5-4-6-8-22)20-26(30)27-19-23-11-15-24(16-12-23)35(31,32)28(2)3/h4-16H,17-20H2,1-3H3,(H,27,30). The summed E-state index contributed by atoms with van der Waals surface area (Å²) in [5, 5.41) is 2.74. The van der Waals surface area contributed by atoms with Gasteiger partial charge in [-0.2, -0.15) is 4.31 Å². The summed E-state index contributed by atoms with van der Waals surface area (Å²) in [5.41, 5.74) is 2.60. The van der Waals surface area contributed by atoms with Crippen molar-refractivity contribution < 1.29 is 21.6 Å². The van der Waals surface area contributed by atoms with E-state index in [4.69, 9.17) is 0 Å². The molecule has 0 heterocycles. The van der Waals surface area contributed by atoms with Gasteiger partial charge in [-0.15, -0.1) is 0 Å². The molecule has 3 rings (SSSR count). The van der Waals surface area contributed by atoms with Crippen LogP contribution in [0.2, 0.25) is 0 Å². The lowest BCUT2D eigenvalue weighted by Crippen LogP contribution is -2.41. The molecule has 0 unspecified atom stereocenters. The summed E-state index contributed by atoms with van der Waals surface area (Å²) in [6.45, 7) is 1.82. The van der Waals surface area contributed by atoms with Crippen LogP contribution in [-0.4, -0.2) is 58.5 Å². The molecule has 0 atom stereocenters. The van der Waals surface area contributed by atoms with Gasteiger partial charge in [-0.3, -0.25) is 4.79 Å². The van der Waals surface area contributed by atoms with Gasteiger partial charge >= 0.3 is 0 Å². The molecule has 0 bridgehead atoms. The Balaban J connectivity index is 1.71. The van der Waals surface area contributed by atoms with Crippen molar-refractivity contribution in [1.82, 2.24) is 13.9 Å². The van der Waals surface area contributed by atoms with Crippen LogP contribution in [0.1, 0.15) is 16.7 Å². The fourth-order valence-corrected chi connectivity index (χ4v) is 5.75. The van der Waals surface area contributed by atoms with Crippen molar-refractivity contribution in [3.63, 3.8) is 0 Å². The second kappa shape index (κ2) is 11.8. The molecule has 0 fully saturated rings. The van der Waals surface area contributed by atoms with Crippen molar-refractivity contribution in [2.45, 2.75) is 29.7 Å². The number of hydrogen-bond donors (Lipinski definition) is 1. The predicted octanol–water partition coefficient (Wildman–Crippen LogP) is 2.80. The Morgan fingerprint density at radius 2 is 1.31 bits per heavy atom. The molecule has 192 valence electrons. The van der Waals surface area contributed by atoms with Crippen molar-refractivity contribution in [3.8, 4) is 0 Å². The predicted molar refractivity (Wildman–Crippen MR) is 139 cm³/mol. The number of amides is 1. The van der Waals surface area contributed by atoms with E-state index < -0.39 is 26.0 Å². The molecule has 0 aliphatic rings. The monoisotopic (exact) mass is 529 g/mol. The van der Waals surface area contributed by atoms with Crippen molar-refractivity contribution in [2.75, 3.05) is 27.2 Å². The van der Waals surface area contributed by atoms with Crippen LogP contribution in [0.5, 0.6) is 0 Å². The molecule has 3 aromatic rings. The third-order valence-corrected chi connectivity index (χ3v) is 9.35. The highest BCUT2D eigenvalue weighted by molar-refractivity contribution is 7.89. The Kier molecular flexibility index (Phi) is 9.02. The lowest BCUT2D eigenvalue weighted by Gasteiger charge is -2.22. The second-order valence-electron chi connectivity index (χ2n) is 8.60. The average molecular weight is 530 g/mol. The molecule has 3 aromatic carbocycles. The summed E-state index contributed by atoms with van der Waals surface area (Å²) < 4.78 is 53.4. The Hall–Kier alpha value is -3.05. The number of carbonyl (C=O) groups is 1. The highest BCUT2D eigenvalue weighted by atomic mass is 32.2. The van der Waals surface area contributed by atoms with Gasteiger partial charge in [0.25, 0.3) is 0 Å². The highest BCUT2D eigenvalue weighted by Gasteiger charge is 2.26. The maximum absolute atomic E-state index is 13.3. The molecule has 8 nitrogen and oxygen atoms in total. The minimum Gasteiger partial charge on any atom is -0.351 e. The summed E-state index contributed by atoms with van der Waals surface area (Å²) in [4.78, 5) is 13.0.